The Hall–Kier alpha value is -3.15. The van der Waals surface area contributed by atoms with Gasteiger partial charge in [-0.3, -0.25) is 9.59 Å². The molecule has 0 heterocycles. The summed E-state index contributed by atoms with van der Waals surface area (Å²) in [6, 6.07) is 5.98. The van der Waals surface area contributed by atoms with Gasteiger partial charge in [-0.05, 0) is 18.2 Å². The van der Waals surface area contributed by atoms with E-state index < -0.39 is 23.3 Å². The van der Waals surface area contributed by atoms with Crippen LogP contribution >= 0.6 is 0 Å². The van der Waals surface area contributed by atoms with Gasteiger partial charge in [0.2, 0.25) is 5.78 Å². The highest BCUT2D eigenvalue weighted by Crippen LogP contribution is 2.37. The number of carboxylic acid groups (broad SMARTS) is 1. The number of rotatable bonds is 1. The van der Waals surface area contributed by atoms with Crippen LogP contribution in [0, 0.1) is 0 Å². The number of ketones is 2. The van der Waals surface area contributed by atoms with Gasteiger partial charge >= 0.3 is 5.97 Å². The molecule has 0 aliphatic heterocycles. The fourth-order valence-electron chi connectivity index (χ4n) is 2.41. The molecule has 118 valence electrons. The number of phenolic OH excluding ortho intramolecular Hbond substituents is 2. The van der Waals surface area contributed by atoms with E-state index in [1.165, 1.54) is 18.2 Å². The fraction of sp³-hybridized carbons (Fsp3) is 0.118. The van der Waals surface area contributed by atoms with E-state index in [2.05, 4.69) is 0 Å². The molecule has 1 aliphatic rings. The minimum absolute atomic E-state index is 0.0190. The van der Waals surface area contributed by atoms with Crippen LogP contribution in [-0.4, -0.2) is 32.9 Å². The van der Waals surface area contributed by atoms with Gasteiger partial charge in [-0.15, -0.1) is 0 Å². The van der Waals surface area contributed by atoms with Crippen molar-refractivity contribution in [2.24, 2.45) is 0 Å². The van der Waals surface area contributed by atoms with E-state index in [1.54, 1.807) is 0 Å². The van der Waals surface area contributed by atoms with Gasteiger partial charge in [-0.1, -0.05) is 26.0 Å². The quantitative estimate of drug-likeness (QED) is 0.636. The Labute approximate surface area is 131 Å². The minimum atomic E-state index is -1.32. The van der Waals surface area contributed by atoms with Gasteiger partial charge in [-0.2, -0.15) is 0 Å². The van der Waals surface area contributed by atoms with Crippen LogP contribution in [0.15, 0.2) is 30.3 Å². The summed E-state index contributed by atoms with van der Waals surface area (Å²) in [5.41, 5.74) is -0.978. The average Bonchev–Trinajstić information content (AvgIpc) is 2.53. The number of aromatic hydroxyl groups is 2. The average molecular weight is 314 g/mol. The zero-order valence-corrected chi connectivity index (χ0v) is 12.5. The van der Waals surface area contributed by atoms with Gasteiger partial charge in [0, 0.05) is 11.1 Å². The second-order valence-electron chi connectivity index (χ2n) is 4.58. The van der Waals surface area contributed by atoms with Crippen LogP contribution < -0.4 is 0 Å². The molecule has 2 aromatic carbocycles. The fourth-order valence-corrected chi connectivity index (χ4v) is 2.41. The van der Waals surface area contributed by atoms with Crippen molar-refractivity contribution in [3.63, 3.8) is 0 Å². The molecule has 3 rings (SSSR count). The maximum atomic E-state index is 12.4. The van der Waals surface area contributed by atoms with Crippen LogP contribution in [0.5, 0.6) is 11.5 Å². The standard InChI is InChI=1S/C15H8O6.C2H6/c16-9-3-1-2-7-11(9)14(19)12-8(13(7)18)4-6(15(20)21)5-10(12)17;1-2/h1-5,16-17H,(H,20,21);1-2H3. The van der Waals surface area contributed by atoms with E-state index in [4.69, 9.17) is 5.11 Å². The number of carbonyl (C=O) groups is 3. The zero-order valence-electron chi connectivity index (χ0n) is 12.5. The lowest BCUT2D eigenvalue weighted by molar-refractivity contribution is 0.0695. The lowest BCUT2D eigenvalue weighted by atomic mass is 9.82. The number of carboxylic acids is 1. The highest BCUT2D eigenvalue weighted by atomic mass is 16.4. The first-order valence-electron chi connectivity index (χ1n) is 6.93. The summed E-state index contributed by atoms with van der Waals surface area (Å²) >= 11 is 0. The Bertz CT molecular complexity index is 835. The number of aromatic carboxylic acids is 1. The van der Waals surface area contributed by atoms with E-state index in [9.17, 15) is 24.6 Å². The van der Waals surface area contributed by atoms with Crippen molar-refractivity contribution in [2.45, 2.75) is 13.8 Å². The Kier molecular flexibility index (Phi) is 4.18. The van der Waals surface area contributed by atoms with Crippen LogP contribution in [0.4, 0.5) is 0 Å². The molecule has 0 spiro atoms. The number of carbonyl (C=O) groups excluding carboxylic acids is 2. The van der Waals surface area contributed by atoms with Gasteiger partial charge in [0.1, 0.15) is 11.5 Å². The number of hydrogen-bond donors (Lipinski definition) is 3. The molecule has 23 heavy (non-hydrogen) atoms. The molecule has 0 aromatic heterocycles. The molecule has 0 unspecified atom stereocenters. The first kappa shape index (κ1) is 16.2. The van der Waals surface area contributed by atoms with E-state index in [1.807, 2.05) is 13.8 Å². The van der Waals surface area contributed by atoms with Crippen molar-refractivity contribution in [3.8, 4) is 11.5 Å². The molecule has 0 atom stereocenters. The normalized spacial score (nSPS) is 11.9. The summed E-state index contributed by atoms with van der Waals surface area (Å²) in [7, 11) is 0. The molecule has 6 nitrogen and oxygen atoms in total. The third-order valence-corrected chi connectivity index (χ3v) is 3.35. The van der Waals surface area contributed by atoms with Crippen LogP contribution in [0.3, 0.4) is 0 Å². The Morgan fingerprint density at radius 3 is 2.09 bits per heavy atom. The number of phenols is 2. The topological polar surface area (TPSA) is 112 Å². The monoisotopic (exact) mass is 314 g/mol. The Morgan fingerprint density at radius 2 is 1.48 bits per heavy atom. The van der Waals surface area contributed by atoms with Gasteiger partial charge in [0.15, 0.2) is 5.78 Å². The Balaban J connectivity index is 0.000000924. The summed E-state index contributed by atoms with van der Waals surface area (Å²) in [6.45, 7) is 4.00. The molecule has 0 saturated heterocycles. The zero-order chi connectivity index (χ0) is 17.3. The van der Waals surface area contributed by atoms with Crippen molar-refractivity contribution in [3.05, 3.63) is 58.1 Å². The lowest BCUT2D eigenvalue weighted by Gasteiger charge is -2.19. The van der Waals surface area contributed by atoms with Gasteiger partial charge in [0.05, 0.1) is 16.7 Å². The minimum Gasteiger partial charge on any atom is -0.507 e. The smallest absolute Gasteiger partial charge is 0.335 e. The molecule has 2 aromatic rings. The van der Waals surface area contributed by atoms with Crippen LogP contribution in [-0.2, 0) is 0 Å². The maximum Gasteiger partial charge on any atom is 0.335 e. The van der Waals surface area contributed by atoms with Crippen LogP contribution in [0.2, 0.25) is 0 Å². The second-order valence-corrected chi connectivity index (χ2v) is 4.58. The Morgan fingerprint density at radius 1 is 0.870 bits per heavy atom. The van der Waals surface area contributed by atoms with Gasteiger partial charge in [-0.25, -0.2) is 4.79 Å². The summed E-state index contributed by atoms with van der Waals surface area (Å²) in [4.78, 5) is 35.7. The van der Waals surface area contributed by atoms with E-state index in [0.717, 1.165) is 12.1 Å². The van der Waals surface area contributed by atoms with Crippen molar-refractivity contribution >= 4 is 17.5 Å². The molecule has 3 N–H and O–H groups in total. The predicted molar refractivity (Wildman–Crippen MR) is 81.4 cm³/mol. The maximum absolute atomic E-state index is 12.4. The molecule has 6 heteroatoms. The van der Waals surface area contributed by atoms with E-state index >= 15 is 0 Å². The largest absolute Gasteiger partial charge is 0.507 e. The summed E-state index contributed by atoms with van der Waals surface area (Å²) in [5.74, 6) is -3.62. The molecule has 0 fully saturated rings. The first-order valence-corrected chi connectivity index (χ1v) is 6.93. The van der Waals surface area contributed by atoms with Gasteiger partial charge < -0.3 is 15.3 Å². The third kappa shape index (κ3) is 2.44. The van der Waals surface area contributed by atoms with Crippen molar-refractivity contribution in [2.75, 3.05) is 0 Å². The number of benzene rings is 2. The molecule has 0 radical (unpaired) electrons. The number of hydrogen-bond acceptors (Lipinski definition) is 5. The first-order chi connectivity index (χ1) is 10.9. The molecule has 1 aliphatic carbocycles. The molecule has 0 saturated carbocycles. The highest BCUT2D eigenvalue weighted by Gasteiger charge is 2.34. The van der Waals surface area contributed by atoms with E-state index in [0.29, 0.717) is 0 Å². The summed E-state index contributed by atoms with van der Waals surface area (Å²) in [6.07, 6.45) is 0. The van der Waals surface area contributed by atoms with Crippen LogP contribution in [0.25, 0.3) is 0 Å². The molecule has 0 amide bonds. The molecule has 0 bridgehead atoms. The second kappa shape index (κ2) is 5.92. The summed E-state index contributed by atoms with van der Waals surface area (Å²) < 4.78 is 0. The predicted octanol–water partition coefficient (Wildman–Crippen LogP) is 2.60. The lowest BCUT2D eigenvalue weighted by Crippen LogP contribution is -2.22. The highest BCUT2D eigenvalue weighted by molar-refractivity contribution is 6.30. The van der Waals surface area contributed by atoms with Crippen molar-refractivity contribution in [1.29, 1.82) is 0 Å². The van der Waals surface area contributed by atoms with Crippen molar-refractivity contribution in [1.82, 2.24) is 0 Å². The van der Waals surface area contributed by atoms with Crippen LogP contribution in [0.1, 0.15) is 56.0 Å². The van der Waals surface area contributed by atoms with E-state index in [-0.39, 0.29) is 33.6 Å². The van der Waals surface area contributed by atoms with Gasteiger partial charge in [0.25, 0.3) is 0 Å². The SMILES string of the molecule is CC.O=C(O)c1cc(O)c2c(c1)C(=O)c1cccc(O)c1C2=O. The molecular formula is C17H14O6. The molecular weight excluding hydrogens is 300 g/mol. The van der Waals surface area contributed by atoms with Crippen molar-refractivity contribution < 1.29 is 29.7 Å². The summed E-state index contributed by atoms with van der Waals surface area (Å²) in [5, 5.41) is 28.6. The third-order valence-electron chi connectivity index (χ3n) is 3.35. The number of fused-ring (bicyclic) bond motifs is 2.